The lowest BCUT2D eigenvalue weighted by atomic mass is 10.2. The van der Waals surface area contributed by atoms with Crippen molar-refractivity contribution in [2.45, 2.75) is 20.0 Å². The minimum absolute atomic E-state index is 0. The molecule has 1 fully saturated rings. The van der Waals surface area contributed by atoms with Gasteiger partial charge in [0.25, 0.3) is 0 Å². The molecular weight excluding hydrogens is 479 g/mol. The van der Waals surface area contributed by atoms with Gasteiger partial charge in [0, 0.05) is 49.5 Å². The molecule has 3 rings (SSSR count). The third-order valence-electron chi connectivity index (χ3n) is 4.49. The summed E-state index contributed by atoms with van der Waals surface area (Å²) in [6, 6.07) is 7.61. The van der Waals surface area contributed by atoms with Gasteiger partial charge in [-0.05, 0) is 24.6 Å². The average molecular weight is 503 g/mol. The maximum absolute atomic E-state index is 12.5. The van der Waals surface area contributed by atoms with E-state index in [4.69, 9.17) is 11.6 Å². The quantitative estimate of drug-likeness (QED) is 0.382. The van der Waals surface area contributed by atoms with Crippen LogP contribution in [0.25, 0.3) is 0 Å². The van der Waals surface area contributed by atoms with Crippen molar-refractivity contribution in [3.05, 3.63) is 52.3 Å². The molecule has 0 spiro atoms. The number of carbonyl (C=O) groups excluding carboxylic acids is 1. The zero-order valence-electron chi connectivity index (χ0n) is 15.4. The Morgan fingerprint density at radius 3 is 2.67 bits per heavy atom. The Morgan fingerprint density at radius 2 is 2.07 bits per heavy atom. The number of piperazine rings is 1. The summed E-state index contributed by atoms with van der Waals surface area (Å²) in [4.78, 5) is 20.7. The van der Waals surface area contributed by atoms with Crippen LogP contribution in [0.1, 0.15) is 16.8 Å². The summed E-state index contributed by atoms with van der Waals surface area (Å²) in [5.74, 6) is 0.818. The highest BCUT2D eigenvalue weighted by Crippen LogP contribution is 2.14. The molecule has 2 heterocycles. The van der Waals surface area contributed by atoms with E-state index in [0.717, 1.165) is 29.3 Å². The van der Waals surface area contributed by atoms with Crippen LogP contribution in [0.4, 0.5) is 0 Å². The molecule has 1 aliphatic rings. The highest BCUT2D eigenvalue weighted by molar-refractivity contribution is 14.0. The second-order valence-electron chi connectivity index (χ2n) is 6.28. The van der Waals surface area contributed by atoms with Gasteiger partial charge in [-0.3, -0.25) is 14.9 Å². The molecule has 7 nitrogen and oxygen atoms in total. The topological polar surface area (TPSA) is 76.6 Å². The number of nitrogens with one attached hydrogen (secondary N) is 2. The van der Waals surface area contributed by atoms with E-state index in [9.17, 15) is 4.79 Å². The van der Waals surface area contributed by atoms with Crippen LogP contribution in [0.5, 0.6) is 0 Å². The highest BCUT2D eigenvalue weighted by atomic mass is 127. The third-order valence-corrected chi connectivity index (χ3v) is 4.74. The lowest BCUT2D eigenvalue weighted by Crippen LogP contribution is -2.54. The standard InChI is InChI=1S/C18H23ClN6O.HI/c1-13-15(10-22-23-13)9-21-18(20-2)25-8-7-24(17(26)12-25)11-14-3-5-16(19)6-4-14;/h3-6,10H,7-9,11-12H2,1-2H3,(H,20,21)(H,22,23);1H. The fourth-order valence-electron chi connectivity index (χ4n) is 2.93. The average Bonchev–Trinajstić information content (AvgIpc) is 3.04. The molecule has 9 heteroatoms. The van der Waals surface area contributed by atoms with Gasteiger partial charge < -0.3 is 15.1 Å². The number of hydrogen-bond acceptors (Lipinski definition) is 3. The summed E-state index contributed by atoms with van der Waals surface area (Å²) in [5.41, 5.74) is 3.19. The van der Waals surface area contributed by atoms with Gasteiger partial charge in [-0.2, -0.15) is 5.10 Å². The molecule has 0 radical (unpaired) electrons. The molecule has 146 valence electrons. The molecule has 2 N–H and O–H groups in total. The van der Waals surface area contributed by atoms with Gasteiger partial charge in [-0.25, -0.2) is 0 Å². The van der Waals surface area contributed by atoms with Gasteiger partial charge in [0.15, 0.2) is 5.96 Å². The van der Waals surface area contributed by atoms with Crippen molar-refractivity contribution in [2.75, 3.05) is 26.7 Å². The number of aromatic amines is 1. The molecule has 0 bridgehead atoms. The maximum Gasteiger partial charge on any atom is 0.242 e. The van der Waals surface area contributed by atoms with Crippen molar-refractivity contribution in [3.63, 3.8) is 0 Å². The first kappa shape index (κ1) is 21.5. The Bertz CT molecular complexity index is 791. The Labute approximate surface area is 181 Å². The summed E-state index contributed by atoms with van der Waals surface area (Å²) in [6.07, 6.45) is 1.80. The van der Waals surface area contributed by atoms with Gasteiger partial charge in [0.2, 0.25) is 5.91 Å². The Morgan fingerprint density at radius 1 is 1.33 bits per heavy atom. The maximum atomic E-state index is 12.5. The van der Waals surface area contributed by atoms with Crippen LogP contribution in [-0.2, 0) is 17.9 Å². The third kappa shape index (κ3) is 5.58. The molecule has 1 aromatic heterocycles. The number of aromatic nitrogens is 2. The minimum atomic E-state index is 0. The Kier molecular flexibility index (Phi) is 7.91. The summed E-state index contributed by atoms with van der Waals surface area (Å²) >= 11 is 5.92. The van der Waals surface area contributed by atoms with Gasteiger partial charge in [0.05, 0.1) is 12.7 Å². The summed E-state index contributed by atoms with van der Waals surface area (Å²) in [6.45, 7) is 4.91. The van der Waals surface area contributed by atoms with Crippen LogP contribution in [0.3, 0.4) is 0 Å². The smallest absolute Gasteiger partial charge is 0.242 e. The van der Waals surface area contributed by atoms with Crippen LogP contribution in [0.2, 0.25) is 5.02 Å². The van der Waals surface area contributed by atoms with E-state index in [2.05, 4.69) is 20.5 Å². The number of H-pyrrole nitrogens is 1. The molecule has 0 unspecified atom stereocenters. The number of aryl methyl sites for hydroxylation is 1. The SMILES string of the molecule is CN=C(NCc1cn[nH]c1C)N1CCN(Cc2ccc(Cl)cc2)C(=O)C1.I. The van der Waals surface area contributed by atoms with E-state index < -0.39 is 0 Å². The van der Waals surface area contributed by atoms with E-state index in [1.807, 2.05) is 41.0 Å². The number of halogens is 2. The Balaban J connectivity index is 0.00000261. The first-order chi connectivity index (χ1) is 12.6. The van der Waals surface area contributed by atoms with E-state index in [1.54, 1.807) is 13.2 Å². The zero-order valence-corrected chi connectivity index (χ0v) is 18.5. The van der Waals surface area contributed by atoms with Crippen molar-refractivity contribution in [1.82, 2.24) is 25.3 Å². The van der Waals surface area contributed by atoms with Crippen molar-refractivity contribution in [2.24, 2.45) is 4.99 Å². The minimum Gasteiger partial charge on any atom is -0.352 e. The molecule has 1 aromatic carbocycles. The van der Waals surface area contributed by atoms with Crippen molar-refractivity contribution in [3.8, 4) is 0 Å². The number of amides is 1. The lowest BCUT2D eigenvalue weighted by molar-refractivity contribution is -0.135. The predicted molar refractivity (Wildman–Crippen MR) is 117 cm³/mol. The zero-order chi connectivity index (χ0) is 18.5. The number of guanidine groups is 1. The van der Waals surface area contributed by atoms with Gasteiger partial charge in [-0.15, -0.1) is 24.0 Å². The highest BCUT2D eigenvalue weighted by Gasteiger charge is 2.26. The van der Waals surface area contributed by atoms with Crippen LogP contribution in [-0.4, -0.2) is 58.5 Å². The van der Waals surface area contributed by atoms with Crippen LogP contribution in [0.15, 0.2) is 35.5 Å². The van der Waals surface area contributed by atoms with Crippen LogP contribution < -0.4 is 5.32 Å². The number of rotatable bonds is 4. The van der Waals surface area contributed by atoms with Crippen LogP contribution in [0, 0.1) is 6.92 Å². The molecule has 1 saturated heterocycles. The molecular formula is C18H24ClIN6O. The van der Waals surface area contributed by atoms with Gasteiger partial charge in [0.1, 0.15) is 0 Å². The lowest BCUT2D eigenvalue weighted by Gasteiger charge is -2.36. The number of carbonyl (C=O) groups is 1. The van der Waals surface area contributed by atoms with Crippen molar-refractivity contribution in [1.29, 1.82) is 0 Å². The second kappa shape index (κ2) is 9.93. The Hall–Kier alpha value is -1.81. The number of aliphatic imine (C=N–C) groups is 1. The fourth-order valence-corrected chi connectivity index (χ4v) is 3.05. The number of hydrogen-bond donors (Lipinski definition) is 2. The van der Waals surface area contributed by atoms with Crippen molar-refractivity contribution >= 4 is 47.4 Å². The van der Waals surface area contributed by atoms with Gasteiger partial charge in [-0.1, -0.05) is 23.7 Å². The first-order valence-electron chi connectivity index (χ1n) is 8.53. The second-order valence-corrected chi connectivity index (χ2v) is 6.72. The van der Waals surface area contributed by atoms with Crippen LogP contribution >= 0.6 is 35.6 Å². The number of nitrogens with zero attached hydrogens (tertiary/aromatic N) is 4. The van der Waals surface area contributed by atoms with E-state index >= 15 is 0 Å². The normalized spacial score (nSPS) is 14.9. The van der Waals surface area contributed by atoms with E-state index in [-0.39, 0.29) is 29.9 Å². The number of benzene rings is 1. The van der Waals surface area contributed by atoms with Gasteiger partial charge >= 0.3 is 0 Å². The van der Waals surface area contributed by atoms with Crippen molar-refractivity contribution < 1.29 is 4.79 Å². The molecule has 0 saturated carbocycles. The first-order valence-corrected chi connectivity index (χ1v) is 8.91. The molecule has 1 amide bonds. The monoisotopic (exact) mass is 502 g/mol. The summed E-state index contributed by atoms with van der Waals surface area (Å²) < 4.78 is 0. The summed E-state index contributed by atoms with van der Waals surface area (Å²) in [7, 11) is 1.73. The molecule has 27 heavy (non-hydrogen) atoms. The molecule has 2 aromatic rings. The molecule has 1 aliphatic heterocycles. The van der Waals surface area contributed by atoms with E-state index in [0.29, 0.717) is 31.2 Å². The molecule has 0 aliphatic carbocycles. The molecule has 0 atom stereocenters. The van der Waals surface area contributed by atoms with E-state index in [1.165, 1.54) is 0 Å². The fraction of sp³-hybridized carbons (Fsp3) is 0.389. The summed E-state index contributed by atoms with van der Waals surface area (Å²) in [5, 5.41) is 10.9. The largest absolute Gasteiger partial charge is 0.352 e. The predicted octanol–water partition coefficient (Wildman–Crippen LogP) is 2.41.